The number of nitrogens with one attached hydrogen (secondary N) is 1. The molecule has 3 aromatic rings. The molecule has 0 unspecified atom stereocenters. The molecule has 0 aliphatic carbocycles. The molecule has 4 rings (SSSR count). The number of hydrogen-bond acceptors (Lipinski definition) is 7. The Morgan fingerprint density at radius 3 is 2.49 bits per heavy atom. The molecule has 1 N–H and O–H groups in total. The monoisotopic (exact) mass is 500 g/mol. The minimum atomic E-state index is -0.867. The van der Waals surface area contributed by atoms with E-state index in [9.17, 15) is 19.2 Å². The van der Waals surface area contributed by atoms with Gasteiger partial charge in [0, 0.05) is 6.07 Å². The molecule has 9 heteroatoms. The molecule has 0 saturated carbocycles. The number of carbonyl (C=O) groups excluding carboxylic acids is 4. The summed E-state index contributed by atoms with van der Waals surface area (Å²) >= 11 is 0. The number of amides is 4. The minimum Gasteiger partial charge on any atom is -0.497 e. The van der Waals surface area contributed by atoms with E-state index in [0.29, 0.717) is 16.9 Å². The molecule has 1 aliphatic rings. The number of anilines is 1. The van der Waals surface area contributed by atoms with Crippen LogP contribution in [0.1, 0.15) is 28.4 Å². The van der Waals surface area contributed by atoms with Crippen LogP contribution >= 0.6 is 0 Å². The second kappa shape index (κ2) is 10.8. The molecular formula is C28H24N2O7. The number of rotatable bonds is 7. The van der Waals surface area contributed by atoms with Gasteiger partial charge < -0.3 is 14.2 Å². The van der Waals surface area contributed by atoms with Gasteiger partial charge in [0.15, 0.2) is 11.5 Å². The number of imide groups is 2. The molecule has 0 spiro atoms. The van der Waals surface area contributed by atoms with Gasteiger partial charge in [0.1, 0.15) is 11.3 Å². The predicted molar refractivity (Wildman–Crippen MR) is 136 cm³/mol. The van der Waals surface area contributed by atoms with Crippen LogP contribution in [0.15, 0.2) is 72.3 Å². The maximum Gasteiger partial charge on any atom is 0.343 e. The molecule has 1 aliphatic heterocycles. The van der Waals surface area contributed by atoms with E-state index >= 15 is 0 Å². The van der Waals surface area contributed by atoms with Gasteiger partial charge >= 0.3 is 12.0 Å². The van der Waals surface area contributed by atoms with E-state index in [1.165, 1.54) is 25.3 Å². The molecule has 1 saturated heterocycles. The Morgan fingerprint density at radius 2 is 1.76 bits per heavy atom. The third-order valence-electron chi connectivity index (χ3n) is 5.45. The van der Waals surface area contributed by atoms with Gasteiger partial charge in [-0.3, -0.25) is 14.9 Å². The molecule has 0 aromatic heterocycles. The highest BCUT2D eigenvalue weighted by atomic mass is 16.6. The zero-order valence-corrected chi connectivity index (χ0v) is 20.4. The van der Waals surface area contributed by atoms with E-state index in [4.69, 9.17) is 14.2 Å². The van der Waals surface area contributed by atoms with Gasteiger partial charge in [-0.15, -0.1) is 0 Å². The lowest BCUT2D eigenvalue weighted by Gasteiger charge is -2.26. The molecule has 3 aromatic carbocycles. The number of hydrogen-bond donors (Lipinski definition) is 1. The number of aryl methyl sites for hydroxylation is 1. The molecule has 0 atom stereocenters. The maximum atomic E-state index is 13.2. The summed E-state index contributed by atoms with van der Waals surface area (Å²) in [4.78, 5) is 51.7. The number of nitrogens with zero attached hydrogens (tertiary/aromatic N) is 1. The van der Waals surface area contributed by atoms with Gasteiger partial charge in [0.05, 0.1) is 25.0 Å². The lowest BCUT2D eigenvalue weighted by molar-refractivity contribution is -0.122. The van der Waals surface area contributed by atoms with Crippen LogP contribution in [0.3, 0.4) is 0 Å². The van der Waals surface area contributed by atoms with Crippen molar-refractivity contribution < 1.29 is 33.4 Å². The number of urea groups is 1. The smallest absolute Gasteiger partial charge is 0.343 e. The van der Waals surface area contributed by atoms with Crippen molar-refractivity contribution in [3.05, 3.63) is 89.0 Å². The van der Waals surface area contributed by atoms with Crippen molar-refractivity contribution in [3.8, 4) is 17.2 Å². The zero-order valence-electron chi connectivity index (χ0n) is 20.4. The van der Waals surface area contributed by atoms with Crippen LogP contribution in [0.25, 0.3) is 6.08 Å². The van der Waals surface area contributed by atoms with Gasteiger partial charge in [-0.25, -0.2) is 14.5 Å². The maximum absolute atomic E-state index is 13.2. The van der Waals surface area contributed by atoms with Gasteiger partial charge in [0.2, 0.25) is 0 Å². The molecule has 1 fully saturated rings. The number of ether oxygens (including phenoxy) is 3. The third-order valence-corrected chi connectivity index (χ3v) is 5.45. The molecule has 9 nitrogen and oxygen atoms in total. The van der Waals surface area contributed by atoms with Crippen molar-refractivity contribution in [2.45, 2.75) is 13.8 Å². The van der Waals surface area contributed by atoms with E-state index in [-0.39, 0.29) is 29.4 Å². The third kappa shape index (κ3) is 5.51. The number of benzene rings is 3. The summed E-state index contributed by atoms with van der Waals surface area (Å²) in [6.07, 6.45) is 1.34. The quantitative estimate of drug-likeness (QED) is 0.223. The standard InChI is InChI=1S/C28H24N2O7/c1-4-36-24-15-18(11-12-23(24)37-27(33)19-8-5-7-17(2)13-19)14-22-25(31)29-28(34)30(26(22)32)20-9-6-10-21(16-20)35-3/h5-16H,4H2,1-3H3,(H,29,31,34)/b22-14+. The van der Waals surface area contributed by atoms with E-state index in [2.05, 4.69) is 5.32 Å². The topological polar surface area (TPSA) is 111 Å². The molecule has 0 radical (unpaired) electrons. The Hall–Kier alpha value is -4.92. The Bertz CT molecular complexity index is 1430. The highest BCUT2D eigenvalue weighted by Gasteiger charge is 2.37. The van der Waals surface area contributed by atoms with Crippen LogP contribution in [0, 0.1) is 6.92 Å². The molecule has 188 valence electrons. The first kappa shape index (κ1) is 25.2. The SMILES string of the molecule is CCOc1cc(/C=C2\C(=O)NC(=O)N(c3cccc(OC)c3)C2=O)ccc1OC(=O)c1cccc(C)c1. The van der Waals surface area contributed by atoms with Crippen molar-refractivity contribution in [1.82, 2.24) is 5.32 Å². The average Bonchev–Trinajstić information content (AvgIpc) is 2.88. The number of carbonyl (C=O) groups is 4. The second-order valence-electron chi connectivity index (χ2n) is 8.06. The highest BCUT2D eigenvalue weighted by Crippen LogP contribution is 2.31. The summed E-state index contributed by atoms with van der Waals surface area (Å²) in [7, 11) is 1.46. The van der Waals surface area contributed by atoms with Crippen molar-refractivity contribution in [3.63, 3.8) is 0 Å². The van der Waals surface area contributed by atoms with Crippen molar-refractivity contribution >= 4 is 35.6 Å². The van der Waals surface area contributed by atoms with Crippen LogP contribution in [-0.2, 0) is 9.59 Å². The summed E-state index contributed by atoms with van der Waals surface area (Å²) in [5.41, 5.74) is 1.72. The lowest BCUT2D eigenvalue weighted by atomic mass is 10.1. The first-order valence-electron chi connectivity index (χ1n) is 11.4. The van der Waals surface area contributed by atoms with E-state index in [1.54, 1.807) is 55.5 Å². The van der Waals surface area contributed by atoms with E-state index < -0.39 is 23.8 Å². The van der Waals surface area contributed by atoms with E-state index in [0.717, 1.165) is 10.5 Å². The fraction of sp³-hybridized carbons (Fsp3) is 0.143. The molecular weight excluding hydrogens is 476 g/mol. The highest BCUT2D eigenvalue weighted by molar-refractivity contribution is 6.39. The average molecular weight is 501 g/mol. The van der Waals surface area contributed by atoms with Crippen molar-refractivity contribution in [2.75, 3.05) is 18.6 Å². The molecule has 4 amide bonds. The fourth-order valence-electron chi connectivity index (χ4n) is 3.71. The summed E-state index contributed by atoms with van der Waals surface area (Å²) < 4.78 is 16.4. The number of methoxy groups -OCH3 is 1. The predicted octanol–water partition coefficient (Wildman–Crippen LogP) is 4.29. The van der Waals surface area contributed by atoms with Crippen LogP contribution < -0.4 is 24.4 Å². The summed E-state index contributed by atoms with van der Waals surface area (Å²) in [5.74, 6) is -1.30. The number of esters is 1. The second-order valence-corrected chi connectivity index (χ2v) is 8.06. The number of barbiturate groups is 1. The van der Waals surface area contributed by atoms with E-state index in [1.807, 2.05) is 13.0 Å². The Labute approximate surface area is 213 Å². The van der Waals surface area contributed by atoms with Crippen molar-refractivity contribution in [1.29, 1.82) is 0 Å². The summed E-state index contributed by atoms with van der Waals surface area (Å²) in [5, 5.41) is 2.18. The zero-order chi connectivity index (χ0) is 26.5. The van der Waals surface area contributed by atoms with Crippen LogP contribution in [0.4, 0.5) is 10.5 Å². The Morgan fingerprint density at radius 1 is 0.973 bits per heavy atom. The fourth-order valence-corrected chi connectivity index (χ4v) is 3.71. The lowest BCUT2D eigenvalue weighted by Crippen LogP contribution is -2.54. The van der Waals surface area contributed by atoms with Gasteiger partial charge in [-0.05, 0) is 61.9 Å². The summed E-state index contributed by atoms with van der Waals surface area (Å²) in [6, 6.07) is 17.1. The Kier molecular flexibility index (Phi) is 7.34. The van der Waals surface area contributed by atoms with Gasteiger partial charge in [-0.1, -0.05) is 29.8 Å². The van der Waals surface area contributed by atoms with Crippen LogP contribution in [0.2, 0.25) is 0 Å². The van der Waals surface area contributed by atoms with Crippen molar-refractivity contribution in [2.24, 2.45) is 0 Å². The normalized spacial score (nSPS) is 14.4. The first-order chi connectivity index (χ1) is 17.8. The van der Waals surface area contributed by atoms with Crippen LogP contribution in [0.5, 0.6) is 17.2 Å². The Balaban J connectivity index is 1.64. The molecule has 1 heterocycles. The first-order valence-corrected chi connectivity index (χ1v) is 11.4. The molecule has 0 bridgehead atoms. The summed E-state index contributed by atoms with van der Waals surface area (Å²) in [6.45, 7) is 3.93. The van der Waals surface area contributed by atoms with Gasteiger partial charge in [-0.2, -0.15) is 0 Å². The molecule has 37 heavy (non-hydrogen) atoms. The van der Waals surface area contributed by atoms with Crippen LogP contribution in [-0.4, -0.2) is 37.5 Å². The minimum absolute atomic E-state index is 0.183. The largest absolute Gasteiger partial charge is 0.497 e. The van der Waals surface area contributed by atoms with Gasteiger partial charge in [0.25, 0.3) is 11.8 Å².